The Hall–Kier alpha value is -3.30. The van der Waals surface area contributed by atoms with E-state index in [2.05, 4.69) is 35.9 Å². The third kappa shape index (κ3) is 8.88. The summed E-state index contributed by atoms with van der Waals surface area (Å²) < 4.78 is 75.3. The average molecular weight is 718 g/mol. The SMILES string of the molecule is FC(F)(F)C1=Nc2ncc(-c3ccc(Cl)cc3)cc2C1.FC(F)(F)C1=Nc2ncc(Br)cc2C1.OB(O)c1cccc(Cl)c1. The standard InChI is InChI=1S/C14H8ClF3N2.C8H4BrF3N2.C6H6BClO2/c15-11-3-1-8(2-4-11)10-5-9-6-12(14(16,17)18)20-13(9)19-7-10;9-5-1-4-2-6(8(10,11)12)14-7(4)13-3-5;8-6-3-1-2-5(4-6)7(9)10/h1-5,7H,6H2;1,3H,2H2;1-4,9-10H. The molecule has 0 spiro atoms. The van der Waals surface area contributed by atoms with Crippen LogP contribution in [0.5, 0.6) is 0 Å². The van der Waals surface area contributed by atoms with Crippen LogP contribution in [0, 0.1) is 0 Å². The van der Waals surface area contributed by atoms with Gasteiger partial charge in [0.05, 0.1) is 0 Å². The summed E-state index contributed by atoms with van der Waals surface area (Å²) in [5.41, 5.74) is 1.43. The van der Waals surface area contributed by atoms with E-state index in [1.54, 1.807) is 54.6 Å². The number of rotatable bonds is 2. The lowest BCUT2D eigenvalue weighted by atomic mass is 9.81. The van der Waals surface area contributed by atoms with Gasteiger partial charge in [-0.2, -0.15) is 26.3 Å². The van der Waals surface area contributed by atoms with Crippen molar-refractivity contribution in [3.63, 3.8) is 0 Å². The van der Waals surface area contributed by atoms with Gasteiger partial charge in [0, 0.05) is 56.4 Å². The molecule has 6 nitrogen and oxygen atoms in total. The number of aliphatic imine (C=N–C) groups is 2. The zero-order chi connectivity index (χ0) is 32.2. The number of benzene rings is 2. The number of hydrogen-bond donors (Lipinski definition) is 2. The van der Waals surface area contributed by atoms with Crippen LogP contribution in [0.2, 0.25) is 10.0 Å². The van der Waals surface area contributed by atoms with Crippen molar-refractivity contribution in [2.24, 2.45) is 9.98 Å². The maximum Gasteiger partial charge on any atom is 0.488 e. The molecule has 0 aliphatic carbocycles. The van der Waals surface area contributed by atoms with Crippen molar-refractivity contribution in [3.8, 4) is 11.1 Å². The molecule has 4 aromatic rings. The van der Waals surface area contributed by atoms with E-state index < -0.39 is 30.9 Å². The number of fused-ring (bicyclic) bond motifs is 2. The maximum absolute atomic E-state index is 12.6. The highest BCUT2D eigenvalue weighted by Gasteiger charge is 2.39. The molecule has 0 bridgehead atoms. The quantitative estimate of drug-likeness (QED) is 0.165. The highest BCUT2D eigenvalue weighted by molar-refractivity contribution is 9.10. The van der Waals surface area contributed by atoms with Crippen LogP contribution in [0.4, 0.5) is 38.0 Å². The van der Waals surface area contributed by atoms with Gasteiger partial charge in [-0.05, 0) is 63.4 Å². The van der Waals surface area contributed by atoms with Gasteiger partial charge in [0.25, 0.3) is 0 Å². The lowest BCUT2D eigenvalue weighted by molar-refractivity contribution is -0.0605. The number of alkyl halides is 6. The topological polar surface area (TPSA) is 91.0 Å². The van der Waals surface area contributed by atoms with Crippen LogP contribution < -0.4 is 5.46 Å². The second-order valence-electron chi connectivity index (χ2n) is 9.24. The van der Waals surface area contributed by atoms with Crippen LogP contribution >= 0.6 is 39.1 Å². The fraction of sp³-hybridized carbons (Fsp3) is 0.143. The summed E-state index contributed by atoms with van der Waals surface area (Å²) in [7, 11) is -1.43. The first-order chi connectivity index (χ1) is 20.6. The first-order valence-corrected chi connectivity index (χ1v) is 14.0. The Bertz CT molecular complexity index is 1720. The molecular formula is C28H18BBrCl2F6N4O2. The highest BCUT2D eigenvalue weighted by Crippen LogP contribution is 2.34. The van der Waals surface area contributed by atoms with Crippen molar-refractivity contribution in [1.82, 2.24) is 9.97 Å². The van der Waals surface area contributed by atoms with Gasteiger partial charge in [0.15, 0.2) is 11.6 Å². The molecule has 2 aliphatic rings. The van der Waals surface area contributed by atoms with Gasteiger partial charge in [-0.1, -0.05) is 47.5 Å². The normalized spacial score (nSPS) is 13.4. The molecule has 0 saturated carbocycles. The molecule has 2 aromatic heterocycles. The Morgan fingerprint density at radius 3 is 1.73 bits per heavy atom. The smallest absolute Gasteiger partial charge is 0.423 e. The van der Waals surface area contributed by atoms with E-state index in [0.717, 1.165) is 11.1 Å². The average Bonchev–Trinajstić information content (AvgIpc) is 3.58. The second kappa shape index (κ2) is 13.8. The van der Waals surface area contributed by atoms with E-state index in [1.807, 2.05) is 0 Å². The van der Waals surface area contributed by atoms with Crippen LogP contribution in [0.15, 0.2) is 87.5 Å². The van der Waals surface area contributed by atoms with Crippen LogP contribution in [0.1, 0.15) is 11.1 Å². The zero-order valence-corrected chi connectivity index (χ0v) is 25.1. The summed E-state index contributed by atoms with van der Waals surface area (Å²) in [4.78, 5) is 14.7. The summed E-state index contributed by atoms with van der Waals surface area (Å²) in [6.45, 7) is 0. The van der Waals surface area contributed by atoms with Crippen molar-refractivity contribution in [3.05, 3.63) is 98.7 Å². The molecule has 16 heteroatoms. The minimum absolute atomic E-state index is 0.148. The Morgan fingerprint density at radius 1 is 0.682 bits per heavy atom. The first kappa shape index (κ1) is 33.6. The Morgan fingerprint density at radius 2 is 1.23 bits per heavy atom. The molecule has 2 aliphatic heterocycles. The lowest BCUT2D eigenvalue weighted by Crippen LogP contribution is -2.29. The van der Waals surface area contributed by atoms with Crippen LogP contribution in [-0.4, -0.2) is 50.9 Å². The number of aromatic nitrogens is 2. The van der Waals surface area contributed by atoms with Crippen molar-refractivity contribution < 1.29 is 36.4 Å². The fourth-order valence-electron chi connectivity index (χ4n) is 3.93. The van der Waals surface area contributed by atoms with E-state index in [0.29, 0.717) is 31.1 Å². The second-order valence-corrected chi connectivity index (χ2v) is 11.0. The third-order valence-electron chi connectivity index (χ3n) is 6.03. The van der Waals surface area contributed by atoms with Gasteiger partial charge in [0.2, 0.25) is 0 Å². The number of pyridine rings is 2. The molecule has 6 rings (SSSR count). The summed E-state index contributed by atoms with van der Waals surface area (Å²) in [6.07, 6.45) is -6.22. The van der Waals surface area contributed by atoms with Crippen LogP contribution in [0.3, 0.4) is 0 Å². The monoisotopic (exact) mass is 716 g/mol. The summed E-state index contributed by atoms with van der Waals surface area (Å²) in [5, 5.41) is 18.4. The largest absolute Gasteiger partial charge is 0.488 e. The van der Waals surface area contributed by atoms with E-state index >= 15 is 0 Å². The molecule has 0 saturated heterocycles. The van der Waals surface area contributed by atoms with Crippen molar-refractivity contribution >= 4 is 74.8 Å². The van der Waals surface area contributed by atoms with E-state index in [9.17, 15) is 26.3 Å². The molecule has 0 fully saturated rings. The predicted molar refractivity (Wildman–Crippen MR) is 162 cm³/mol. The molecule has 0 amide bonds. The van der Waals surface area contributed by atoms with E-state index in [1.165, 1.54) is 18.5 Å². The maximum atomic E-state index is 12.6. The fourth-order valence-corrected chi connectivity index (χ4v) is 4.63. The molecule has 2 aromatic carbocycles. The minimum Gasteiger partial charge on any atom is -0.423 e. The number of nitrogens with zero attached hydrogens (tertiary/aromatic N) is 4. The van der Waals surface area contributed by atoms with Gasteiger partial charge in [0.1, 0.15) is 11.4 Å². The summed E-state index contributed by atoms with van der Waals surface area (Å²) >= 11 is 14.5. The number of hydrogen-bond acceptors (Lipinski definition) is 6. The molecule has 44 heavy (non-hydrogen) atoms. The van der Waals surface area contributed by atoms with Gasteiger partial charge >= 0.3 is 19.5 Å². The van der Waals surface area contributed by atoms with Gasteiger partial charge < -0.3 is 10.0 Å². The Labute approximate surface area is 265 Å². The molecule has 228 valence electrons. The lowest BCUT2D eigenvalue weighted by Gasteiger charge is -2.05. The van der Waals surface area contributed by atoms with Crippen molar-refractivity contribution in [2.45, 2.75) is 25.2 Å². The molecule has 0 radical (unpaired) electrons. The van der Waals surface area contributed by atoms with Crippen LogP contribution in [-0.2, 0) is 12.8 Å². The highest BCUT2D eigenvalue weighted by atomic mass is 79.9. The molecule has 2 N–H and O–H groups in total. The molecular weight excluding hydrogens is 700 g/mol. The van der Waals surface area contributed by atoms with Gasteiger partial charge in [-0.25, -0.2) is 20.0 Å². The molecule has 0 unspecified atom stereocenters. The van der Waals surface area contributed by atoms with E-state index in [-0.39, 0.29) is 24.5 Å². The zero-order valence-electron chi connectivity index (χ0n) is 22.0. The molecule has 4 heterocycles. The minimum atomic E-state index is -4.40. The van der Waals surface area contributed by atoms with Crippen molar-refractivity contribution in [1.29, 1.82) is 0 Å². The summed E-state index contributed by atoms with van der Waals surface area (Å²) in [5.74, 6) is 0.315. The number of halogens is 9. The third-order valence-corrected chi connectivity index (χ3v) is 6.95. The van der Waals surface area contributed by atoms with E-state index in [4.69, 9.17) is 33.2 Å². The van der Waals surface area contributed by atoms with Gasteiger partial charge in [-0.3, -0.25) is 0 Å². The Balaban J connectivity index is 0.000000161. The molecule has 0 atom stereocenters. The van der Waals surface area contributed by atoms with Crippen LogP contribution in [0.25, 0.3) is 11.1 Å². The first-order valence-electron chi connectivity index (χ1n) is 12.4. The van der Waals surface area contributed by atoms with Crippen molar-refractivity contribution in [2.75, 3.05) is 0 Å². The summed E-state index contributed by atoms with van der Waals surface area (Å²) in [6, 6.07) is 16.8. The Kier molecular flexibility index (Phi) is 10.5. The van der Waals surface area contributed by atoms with Gasteiger partial charge in [-0.15, -0.1) is 0 Å². The predicted octanol–water partition coefficient (Wildman–Crippen LogP) is 7.65.